The molecule has 15 heavy (non-hydrogen) atoms. The molecule has 0 aliphatic carbocycles. The summed E-state index contributed by atoms with van der Waals surface area (Å²) in [5.74, 6) is 0.877. The first-order valence-corrected chi connectivity index (χ1v) is 5.31. The summed E-state index contributed by atoms with van der Waals surface area (Å²) < 4.78 is 5.81. The molecule has 0 aliphatic heterocycles. The average molecular weight is 201 g/mol. The van der Waals surface area contributed by atoms with Crippen molar-refractivity contribution in [3.8, 4) is 5.75 Å². The Morgan fingerprint density at radius 3 is 2.87 bits per heavy atom. The van der Waals surface area contributed by atoms with Gasteiger partial charge in [-0.25, -0.2) is 0 Å². The van der Waals surface area contributed by atoms with Crippen LogP contribution in [0.3, 0.4) is 0 Å². The number of ether oxygens (including phenoxy) is 1. The molecule has 78 valence electrons. The monoisotopic (exact) mass is 201 g/mol. The van der Waals surface area contributed by atoms with Gasteiger partial charge in [-0.15, -0.1) is 0 Å². The lowest BCUT2D eigenvalue weighted by molar-refractivity contribution is 0.220. The Morgan fingerprint density at radius 2 is 2.07 bits per heavy atom. The van der Waals surface area contributed by atoms with Crippen molar-refractivity contribution >= 4 is 10.9 Å². The Hall–Kier alpha value is -1.57. The molecule has 0 N–H and O–H groups in total. The van der Waals surface area contributed by atoms with Crippen molar-refractivity contribution in [2.45, 2.75) is 26.4 Å². The van der Waals surface area contributed by atoms with E-state index in [1.165, 1.54) is 0 Å². The number of nitrogens with zero attached hydrogens (tertiary/aromatic N) is 1. The minimum Gasteiger partial charge on any atom is -0.488 e. The van der Waals surface area contributed by atoms with Crippen molar-refractivity contribution in [3.05, 3.63) is 36.5 Å². The predicted molar refractivity (Wildman–Crippen MR) is 62.1 cm³/mol. The second kappa shape index (κ2) is 4.30. The van der Waals surface area contributed by atoms with Crippen molar-refractivity contribution in [1.29, 1.82) is 0 Å². The van der Waals surface area contributed by atoms with Crippen molar-refractivity contribution in [1.82, 2.24) is 4.98 Å². The van der Waals surface area contributed by atoms with Gasteiger partial charge in [0.25, 0.3) is 0 Å². The van der Waals surface area contributed by atoms with E-state index in [9.17, 15) is 0 Å². The Balaban J connectivity index is 2.42. The largest absolute Gasteiger partial charge is 0.488 e. The Labute approximate surface area is 89.9 Å². The summed E-state index contributed by atoms with van der Waals surface area (Å²) in [6.45, 7) is 4.19. The molecule has 0 unspecified atom stereocenters. The van der Waals surface area contributed by atoms with Crippen LogP contribution in [0.15, 0.2) is 36.5 Å². The Morgan fingerprint density at radius 1 is 1.27 bits per heavy atom. The molecule has 1 aromatic heterocycles. The number of hydrogen-bond donors (Lipinski definition) is 0. The summed E-state index contributed by atoms with van der Waals surface area (Å²) in [6.07, 6.45) is 3.03. The highest BCUT2D eigenvalue weighted by Gasteiger charge is 2.05. The predicted octanol–water partition coefficient (Wildman–Crippen LogP) is 3.41. The third-order valence-corrected chi connectivity index (χ3v) is 2.50. The molecular weight excluding hydrogens is 186 g/mol. The molecule has 2 aromatic rings. The second-order valence-corrected chi connectivity index (χ2v) is 3.67. The third-order valence-electron chi connectivity index (χ3n) is 2.50. The number of aromatic nitrogens is 1. The number of benzene rings is 1. The van der Waals surface area contributed by atoms with Crippen molar-refractivity contribution < 1.29 is 4.74 Å². The van der Waals surface area contributed by atoms with Gasteiger partial charge in [0.2, 0.25) is 0 Å². The molecule has 0 fully saturated rings. The highest BCUT2D eigenvalue weighted by atomic mass is 16.5. The summed E-state index contributed by atoms with van der Waals surface area (Å²) in [6, 6.07) is 10.0. The Bertz CT molecular complexity index is 448. The molecule has 0 aliphatic rings. The van der Waals surface area contributed by atoms with Crippen LogP contribution in [0.2, 0.25) is 0 Å². The average Bonchev–Trinajstić information content (AvgIpc) is 2.29. The van der Waals surface area contributed by atoms with Crippen LogP contribution in [0.25, 0.3) is 10.9 Å². The fourth-order valence-corrected chi connectivity index (χ4v) is 1.47. The standard InChI is InChI=1S/C13H15NO/c1-3-10(2)15-12-8-4-6-11-7-5-9-14-13(11)12/h4-10H,3H2,1-2H3/t10-/m0/s1. The van der Waals surface area contributed by atoms with Gasteiger partial charge in [0.15, 0.2) is 0 Å². The molecule has 0 radical (unpaired) electrons. The van der Waals surface area contributed by atoms with E-state index in [1.807, 2.05) is 30.3 Å². The van der Waals surface area contributed by atoms with Crippen LogP contribution >= 0.6 is 0 Å². The van der Waals surface area contributed by atoms with E-state index in [4.69, 9.17) is 4.74 Å². The molecule has 1 heterocycles. The van der Waals surface area contributed by atoms with Crippen LogP contribution in [-0.2, 0) is 0 Å². The van der Waals surface area contributed by atoms with E-state index in [2.05, 4.69) is 18.8 Å². The van der Waals surface area contributed by atoms with E-state index in [1.54, 1.807) is 6.20 Å². The molecule has 0 saturated carbocycles. The first-order chi connectivity index (χ1) is 7.31. The summed E-state index contributed by atoms with van der Waals surface area (Å²) in [7, 11) is 0. The Kier molecular flexibility index (Phi) is 2.86. The minimum absolute atomic E-state index is 0.234. The van der Waals surface area contributed by atoms with Crippen molar-refractivity contribution in [3.63, 3.8) is 0 Å². The van der Waals surface area contributed by atoms with Gasteiger partial charge >= 0.3 is 0 Å². The first kappa shape index (κ1) is 9.97. The van der Waals surface area contributed by atoms with Crippen LogP contribution in [0, 0.1) is 0 Å². The lowest BCUT2D eigenvalue weighted by atomic mass is 10.2. The second-order valence-electron chi connectivity index (χ2n) is 3.67. The lowest BCUT2D eigenvalue weighted by Crippen LogP contribution is -2.10. The molecule has 1 atom stereocenters. The van der Waals surface area contributed by atoms with Crippen LogP contribution in [0.1, 0.15) is 20.3 Å². The molecule has 2 heteroatoms. The van der Waals surface area contributed by atoms with Crippen LogP contribution in [0.5, 0.6) is 5.75 Å². The van der Waals surface area contributed by atoms with Gasteiger partial charge in [0.05, 0.1) is 6.10 Å². The van der Waals surface area contributed by atoms with Crippen LogP contribution in [0.4, 0.5) is 0 Å². The summed E-state index contributed by atoms with van der Waals surface area (Å²) in [4.78, 5) is 4.34. The molecular formula is C13H15NO. The van der Waals surface area contributed by atoms with Crippen molar-refractivity contribution in [2.24, 2.45) is 0 Å². The highest BCUT2D eigenvalue weighted by molar-refractivity contribution is 5.84. The minimum atomic E-state index is 0.234. The van der Waals surface area contributed by atoms with Gasteiger partial charge in [-0.1, -0.05) is 25.1 Å². The van der Waals surface area contributed by atoms with Gasteiger partial charge in [-0.05, 0) is 25.5 Å². The van der Waals surface area contributed by atoms with Crippen molar-refractivity contribution in [2.75, 3.05) is 0 Å². The fraction of sp³-hybridized carbons (Fsp3) is 0.308. The lowest BCUT2D eigenvalue weighted by Gasteiger charge is -2.13. The molecule has 0 spiro atoms. The topological polar surface area (TPSA) is 22.1 Å². The van der Waals surface area contributed by atoms with E-state index >= 15 is 0 Å². The smallest absolute Gasteiger partial charge is 0.145 e. The maximum Gasteiger partial charge on any atom is 0.145 e. The zero-order chi connectivity index (χ0) is 10.7. The zero-order valence-corrected chi connectivity index (χ0v) is 9.10. The molecule has 0 saturated heterocycles. The number of fused-ring (bicyclic) bond motifs is 1. The molecule has 1 aromatic carbocycles. The summed E-state index contributed by atoms with van der Waals surface area (Å²) in [5.41, 5.74) is 0.945. The number of rotatable bonds is 3. The van der Waals surface area contributed by atoms with Gasteiger partial charge in [0.1, 0.15) is 11.3 Å². The maximum absolute atomic E-state index is 5.81. The fourth-order valence-electron chi connectivity index (χ4n) is 1.47. The van der Waals surface area contributed by atoms with E-state index < -0.39 is 0 Å². The number of hydrogen-bond acceptors (Lipinski definition) is 2. The van der Waals surface area contributed by atoms with E-state index in [0.29, 0.717) is 0 Å². The first-order valence-electron chi connectivity index (χ1n) is 5.31. The molecule has 0 amide bonds. The quantitative estimate of drug-likeness (QED) is 0.759. The summed E-state index contributed by atoms with van der Waals surface area (Å²) >= 11 is 0. The zero-order valence-electron chi connectivity index (χ0n) is 9.10. The van der Waals surface area contributed by atoms with Gasteiger partial charge < -0.3 is 4.74 Å². The highest BCUT2D eigenvalue weighted by Crippen LogP contribution is 2.24. The SMILES string of the molecule is CC[C@H](C)Oc1cccc2cccnc12. The molecule has 2 nitrogen and oxygen atoms in total. The van der Waals surface area contributed by atoms with Gasteiger partial charge in [0, 0.05) is 11.6 Å². The van der Waals surface area contributed by atoms with Crippen LogP contribution in [-0.4, -0.2) is 11.1 Å². The van der Waals surface area contributed by atoms with Gasteiger partial charge in [-0.2, -0.15) is 0 Å². The maximum atomic E-state index is 5.81. The normalized spacial score (nSPS) is 12.7. The number of para-hydroxylation sites is 1. The van der Waals surface area contributed by atoms with Crippen LogP contribution < -0.4 is 4.74 Å². The van der Waals surface area contributed by atoms with E-state index in [-0.39, 0.29) is 6.10 Å². The molecule has 0 bridgehead atoms. The number of pyridine rings is 1. The summed E-state index contributed by atoms with van der Waals surface area (Å²) in [5, 5.41) is 1.12. The van der Waals surface area contributed by atoms with E-state index in [0.717, 1.165) is 23.1 Å². The third kappa shape index (κ3) is 2.09. The van der Waals surface area contributed by atoms with Gasteiger partial charge in [-0.3, -0.25) is 4.98 Å². The molecule has 2 rings (SSSR count).